The minimum atomic E-state index is 0.379. The number of hydrogen-bond donors (Lipinski definition) is 1. The van der Waals surface area contributed by atoms with Crippen LogP contribution in [0.4, 0.5) is 0 Å². The highest BCUT2D eigenvalue weighted by Gasteiger charge is 2.25. The zero-order valence-corrected chi connectivity index (χ0v) is 12.7. The van der Waals surface area contributed by atoms with Gasteiger partial charge >= 0.3 is 0 Å². The molecule has 0 radical (unpaired) electrons. The largest absolute Gasteiger partial charge is 0.494 e. The van der Waals surface area contributed by atoms with Crippen molar-refractivity contribution in [3.8, 4) is 5.75 Å². The van der Waals surface area contributed by atoms with Crippen molar-refractivity contribution in [2.24, 2.45) is 5.41 Å². The summed E-state index contributed by atoms with van der Waals surface area (Å²) in [6.07, 6.45) is 4.73. The summed E-state index contributed by atoms with van der Waals surface area (Å²) in [5.74, 6) is 0.977. The van der Waals surface area contributed by atoms with Gasteiger partial charge in [-0.2, -0.15) is 0 Å². The molecule has 0 saturated heterocycles. The normalized spacial score (nSPS) is 11.5. The molecule has 0 amide bonds. The molecule has 0 spiro atoms. The SMILES string of the molecule is CCCNCC(CC)(CC)CCOc1ccccc1. The molecular weight excluding hydrogens is 234 g/mol. The first-order valence-corrected chi connectivity index (χ1v) is 7.65. The molecule has 0 unspecified atom stereocenters. The average Bonchev–Trinajstić information content (AvgIpc) is 2.47. The van der Waals surface area contributed by atoms with Gasteiger partial charge in [-0.25, -0.2) is 0 Å². The predicted octanol–water partition coefficient (Wildman–Crippen LogP) is 4.26. The van der Waals surface area contributed by atoms with E-state index in [1.165, 1.54) is 19.3 Å². The van der Waals surface area contributed by atoms with E-state index in [0.717, 1.165) is 31.9 Å². The summed E-state index contributed by atoms with van der Waals surface area (Å²) in [6.45, 7) is 9.82. The molecule has 0 heterocycles. The van der Waals surface area contributed by atoms with Crippen LogP contribution in [-0.2, 0) is 0 Å². The molecule has 0 atom stereocenters. The molecule has 1 rings (SSSR count). The standard InChI is InChI=1S/C17H29NO/c1-4-13-18-15-17(5-2,6-3)12-14-19-16-10-8-7-9-11-16/h7-11,18H,4-6,12-15H2,1-3H3. The first-order chi connectivity index (χ1) is 9.26. The zero-order valence-electron chi connectivity index (χ0n) is 12.7. The molecule has 0 bridgehead atoms. The minimum absolute atomic E-state index is 0.379. The monoisotopic (exact) mass is 263 g/mol. The van der Waals surface area contributed by atoms with E-state index in [1.807, 2.05) is 30.3 Å². The van der Waals surface area contributed by atoms with Gasteiger partial charge in [0.25, 0.3) is 0 Å². The third-order valence-electron chi connectivity index (χ3n) is 4.07. The number of para-hydroxylation sites is 1. The maximum Gasteiger partial charge on any atom is 0.119 e. The quantitative estimate of drug-likeness (QED) is 0.637. The van der Waals surface area contributed by atoms with Crippen molar-refractivity contribution in [1.29, 1.82) is 0 Å². The molecule has 0 aliphatic rings. The van der Waals surface area contributed by atoms with Crippen molar-refractivity contribution in [3.63, 3.8) is 0 Å². The van der Waals surface area contributed by atoms with Crippen LogP contribution < -0.4 is 10.1 Å². The summed E-state index contributed by atoms with van der Waals surface area (Å²) >= 11 is 0. The van der Waals surface area contributed by atoms with Gasteiger partial charge in [0.2, 0.25) is 0 Å². The molecule has 1 N–H and O–H groups in total. The van der Waals surface area contributed by atoms with E-state index in [1.54, 1.807) is 0 Å². The van der Waals surface area contributed by atoms with Gasteiger partial charge in [-0.1, -0.05) is 39.0 Å². The number of hydrogen-bond acceptors (Lipinski definition) is 2. The molecule has 108 valence electrons. The molecule has 0 aliphatic carbocycles. The van der Waals surface area contributed by atoms with Crippen LogP contribution in [0.5, 0.6) is 5.75 Å². The summed E-state index contributed by atoms with van der Waals surface area (Å²) in [5.41, 5.74) is 0.379. The summed E-state index contributed by atoms with van der Waals surface area (Å²) in [5, 5.41) is 3.57. The molecule has 19 heavy (non-hydrogen) atoms. The smallest absolute Gasteiger partial charge is 0.119 e. The summed E-state index contributed by atoms with van der Waals surface area (Å²) in [7, 11) is 0. The molecule has 2 nitrogen and oxygen atoms in total. The minimum Gasteiger partial charge on any atom is -0.494 e. The first-order valence-electron chi connectivity index (χ1n) is 7.65. The van der Waals surface area contributed by atoms with Gasteiger partial charge in [-0.05, 0) is 49.8 Å². The average molecular weight is 263 g/mol. The summed E-state index contributed by atoms with van der Waals surface area (Å²) in [6, 6.07) is 10.1. The van der Waals surface area contributed by atoms with Gasteiger partial charge in [0.1, 0.15) is 5.75 Å². The van der Waals surface area contributed by atoms with Crippen LogP contribution in [0.1, 0.15) is 46.5 Å². The lowest BCUT2D eigenvalue weighted by Crippen LogP contribution is -2.35. The molecular formula is C17H29NO. The second-order valence-electron chi connectivity index (χ2n) is 5.30. The van der Waals surface area contributed by atoms with E-state index in [0.29, 0.717) is 5.41 Å². The van der Waals surface area contributed by atoms with E-state index in [2.05, 4.69) is 26.1 Å². The molecule has 0 aromatic heterocycles. The van der Waals surface area contributed by atoms with Crippen LogP contribution in [0, 0.1) is 5.41 Å². The van der Waals surface area contributed by atoms with Gasteiger partial charge in [0.05, 0.1) is 6.61 Å². The highest BCUT2D eigenvalue weighted by molar-refractivity contribution is 5.20. The number of ether oxygens (including phenoxy) is 1. The Balaban J connectivity index is 2.40. The maximum atomic E-state index is 5.84. The van der Waals surface area contributed by atoms with Gasteiger partial charge in [0.15, 0.2) is 0 Å². The Morgan fingerprint density at radius 3 is 2.32 bits per heavy atom. The molecule has 1 aromatic rings. The first kappa shape index (κ1) is 16.0. The van der Waals surface area contributed by atoms with Gasteiger partial charge in [-0.3, -0.25) is 0 Å². The lowest BCUT2D eigenvalue weighted by atomic mass is 9.79. The van der Waals surface area contributed by atoms with E-state index in [9.17, 15) is 0 Å². The topological polar surface area (TPSA) is 21.3 Å². The van der Waals surface area contributed by atoms with Crippen LogP contribution in [-0.4, -0.2) is 19.7 Å². The zero-order chi connectivity index (χ0) is 14.0. The van der Waals surface area contributed by atoms with Crippen LogP contribution in [0.25, 0.3) is 0 Å². The van der Waals surface area contributed by atoms with E-state index in [-0.39, 0.29) is 0 Å². The van der Waals surface area contributed by atoms with Gasteiger partial charge < -0.3 is 10.1 Å². The molecule has 2 heteroatoms. The maximum absolute atomic E-state index is 5.84. The van der Waals surface area contributed by atoms with E-state index < -0.39 is 0 Å². The fourth-order valence-corrected chi connectivity index (χ4v) is 2.37. The Hall–Kier alpha value is -1.02. The van der Waals surface area contributed by atoms with Crippen LogP contribution >= 0.6 is 0 Å². The number of nitrogens with one attached hydrogen (secondary N) is 1. The van der Waals surface area contributed by atoms with Crippen molar-refractivity contribution >= 4 is 0 Å². The van der Waals surface area contributed by atoms with Crippen molar-refractivity contribution in [3.05, 3.63) is 30.3 Å². The fourth-order valence-electron chi connectivity index (χ4n) is 2.37. The Bertz CT molecular complexity index is 319. The van der Waals surface area contributed by atoms with Crippen LogP contribution in [0.15, 0.2) is 30.3 Å². The Kier molecular flexibility index (Phi) is 7.57. The van der Waals surface area contributed by atoms with Crippen molar-refractivity contribution < 1.29 is 4.74 Å². The molecule has 0 saturated carbocycles. The molecule has 1 aromatic carbocycles. The van der Waals surface area contributed by atoms with Gasteiger partial charge in [0, 0.05) is 6.54 Å². The Morgan fingerprint density at radius 2 is 1.74 bits per heavy atom. The van der Waals surface area contributed by atoms with Crippen molar-refractivity contribution in [2.45, 2.75) is 46.5 Å². The van der Waals surface area contributed by atoms with Crippen LogP contribution in [0.3, 0.4) is 0 Å². The number of rotatable bonds is 10. The van der Waals surface area contributed by atoms with Gasteiger partial charge in [-0.15, -0.1) is 0 Å². The fraction of sp³-hybridized carbons (Fsp3) is 0.647. The van der Waals surface area contributed by atoms with Crippen molar-refractivity contribution in [2.75, 3.05) is 19.7 Å². The molecule has 0 fully saturated rings. The highest BCUT2D eigenvalue weighted by atomic mass is 16.5. The van der Waals surface area contributed by atoms with E-state index >= 15 is 0 Å². The predicted molar refractivity (Wildman–Crippen MR) is 82.7 cm³/mol. The summed E-state index contributed by atoms with van der Waals surface area (Å²) in [4.78, 5) is 0. The third kappa shape index (κ3) is 5.65. The third-order valence-corrected chi connectivity index (χ3v) is 4.07. The summed E-state index contributed by atoms with van der Waals surface area (Å²) < 4.78 is 5.84. The second kappa shape index (κ2) is 8.98. The van der Waals surface area contributed by atoms with Crippen LogP contribution in [0.2, 0.25) is 0 Å². The van der Waals surface area contributed by atoms with E-state index in [4.69, 9.17) is 4.74 Å². The second-order valence-corrected chi connectivity index (χ2v) is 5.30. The molecule has 0 aliphatic heterocycles. The lowest BCUT2D eigenvalue weighted by molar-refractivity contribution is 0.175. The number of benzene rings is 1. The Morgan fingerprint density at radius 1 is 1.05 bits per heavy atom. The Labute approximate surface area is 118 Å². The van der Waals surface area contributed by atoms with Crippen molar-refractivity contribution in [1.82, 2.24) is 5.32 Å². The highest BCUT2D eigenvalue weighted by Crippen LogP contribution is 2.30. The lowest BCUT2D eigenvalue weighted by Gasteiger charge is -2.32.